The molecule has 1 aliphatic rings. The monoisotopic (exact) mass is 296 g/mol. The second-order valence-corrected chi connectivity index (χ2v) is 6.30. The fourth-order valence-electron chi connectivity index (χ4n) is 2.34. The van der Waals surface area contributed by atoms with Crippen molar-refractivity contribution in [2.24, 2.45) is 11.7 Å². The number of nitrogens with zero attached hydrogens (tertiary/aromatic N) is 3. The van der Waals surface area contributed by atoms with Crippen LogP contribution in [0.5, 0.6) is 0 Å². The lowest BCUT2D eigenvalue weighted by atomic mass is 10.1. The number of amides is 2. The molecule has 0 radical (unpaired) electrons. The number of primary amides is 1. The van der Waals surface area contributed by atoms with Crippen molar-refractivity contribution < 1.29 is 9.59 Å². The summed E-state index contributed by atoms with van der Waals surface area (Å²) in [6, 6.07) is 0. The Kier molecular flexibility index (Phi) is 4.72. The van der Waals surface area contributed by atoms with Crippen molar-refractivity contribution in [3.8, 4) is 0 Å². The maximum Gasteiger partial charge on any atom is 0.228 e. The zero-order valence-corrected chi connectivity index (χ0v) is 12.7. The number of hydrogen-bond donors (Lipinski definition) is 1. The first-order chi connectivity index (χ1) is 9.45. The first-order valence-electron chi connectivity index (χ1n) is 6.62. The molecule has 7 heteroatoms. The maximum absolute atomic E-state index is 12.3. The zero-order valence-electron chi connectivity index (χ0n) is 11.8. The number of thiazole rings is 1. The molecule has 0 spiro atoms. The summed E-state index contributed by atoms with van der Waals surface area (Å²) in [5, 5.41) is 2.86. The summed E-state index contributed by atoms with van der Waals surface area (Å²) in [7, 11) is 1.94. The quantitative estimate of drug-likeness (QED) is 0.842. The Hall–Kier alpha value is -1.47. The SMILES string of the molecule is Cc1nc(CC(=O)N2CCN(C)CC(C(N)=O)C2)cs1. The summed E-state index contributed by atoms with van der Waals surface area (Å²) < 4.78 is 0. The number of aryl methyl sites for hydroxylation is 1. The highest BCUT2D eigenvalue weighted by Crippen LogP contribution is 2.13. The van der Waals surface area contributed by atoms with E-state index in [1.165, 1.54) is 11.3 Å². The Morgan fingerprint density at radius 3 is 2.80 bits per heavy atom. The van der Waals surface area contributed by atoms with Crippen LogP contribution >= 0.6 is 11.3 Å². The van der Waals surface area contributed by atoms with Crippen molar-refractivity contribution in [2.75, 3.05) is 33.2 Å². The fourth-order valence-corrected chi connectivity index (χ4v) is 2.95. The minimum atomic E-state index is -0.346. The topological polar surface area (TPSA) is 79.5 Å². The molecule has 1 aromatic rings. The van der Waals surface area contributed by atoms with Gasteiger partial charge in [-0.2, -0.15) is 0 Å². The Balaban J connectivity index is 2.02. The van der Waals surface area contributed by atoms with E-state index in [1.54, 1.807) is 4.90 Å². The molecule has 20 heavy (non-hydrogen) atoms. The highest BCUT2D eigenvalue weighted by Gasteiger charge is 2.27. The Bertz CT molecular complexity index is 502. The van der Waals surface area contributed by atoms with Gasteiger partial charge < -0.3 is 15.5 Å². The molecule has 2 heterocycles. The van der Waals surface area contributed by atoms with Gasteiger partial charge in [-0.25, -0.2) is 4.98 Å². The van der Waals surface area contributed by atoms with Gasteiger partial charge in [0.25, 0.3) is 0 Å². The first kappa shape index (κ1) is 14.9. The molecule has 1 aliphatic heterocycles. The minimum Gasteiger partial charge on any atom is -0.369 e. The number of nitrogens with two attached hydrogens (primary N) is 1. The molecule has 0 aliphatic carbocycles. The molecule has 2 N–H and O–H groups in total. The molecule has 6 nitrogen and oxygen atoms in total. The maximum atomic E-state index is 12.3. The van der Waals surface area contributed by atoms with Crippen LogP contribution in [-0.4, -0.2) is 59.8 Å². The second-order valence-electron chi connectivity index (χ2n) is 5.24. The molecule has 0 aromatic carbocycles. The van der Waals surface area contributed by atoms with Crippen molar-refractivity contribution in [1.82, 2.24) is 14.8 Å². The lowest BCUT2D eigenvalue weighted by molar-refractivity contribution is -0.131. The molecule has 1 unspecified atom stereocenters. The van der Waals surface area contributed by atoms with E-state index < -0.39 is 0 Å². The van der Waals surface area contributed by atoms with E-state index in [9.17, 15) is 9.59 Å². The third kappa shape index (κ3) is 3.77. The number of aromatic nitrogens is 1. The van der Waals surface area contributed by atoms with E-state index in [-0.39, 0.29) is 17.7 Å². The molecular formula is C13H20N4O2S. The Morgan fingerprint density at radius 1 is 1.45 bits per heavy atom. The van der Waals surface area contributed by atoms with Crippen LogP contribution < -0.4 is 5.73 Å². The van der Waals surface area contributed by atoms with Gasteiger partial charge in [0.2, 0.25) is 11.8 Å². The van der Waals surface area contributed by atoms with E-state index in [2.05, 4.69) is 4.98 Å². The summed E-state index contributed by atoms with van der Waals surface area (Å²) in [5.41, 5.74) is 6.20. The highest BCUT2D eigenvalue weighted by atomic mass is 32.1. The summed E-state index contributed by atoms with van der Waals surface area (Å²) in [6.07, 6.45) is 0.291. The average Bonchev–Trinajstić information content (AvgIpc) is 2.67. The summed E-state index contributed by atoms with van der Waals surface area (Å²) in [4.78, 5) is 31.8. The molecule has 2 amide bonds. The molecular weight excluding hydrogens is 276 g/mol. The van der Waals surface area contributed by atoms with Crippen molar-refractivity contribution in [3.05, 3.63) is 16.1 Å². The first-order valence-corrected chi connectivity index (χ1v) is 7.50. The number of hydrogen-bond acceptors (Lipinski definition) is 5. The Labute approximate surface area is 122 Å². The van der Waals surface area contributed by atoms with Gasteiger partial charge in [-0.15, -0.1) is 11.3 Å². The summed E-state index contributed by atoms with van der Waals surface area (Å²) in [5.74, 6) is -0.637. The van der Waals surface area contributed by atoms with E-state index in [0.29, 0.717) is 26.1 Å². The van der Waals surface area contributed by atoms with Crippen LogP contribution in [0.1, 0.15) is 10.7 Å². The van der Waals surface area contributed by atoms with Crippen LogP contribution in [0.15, 0.2) is 5.38 Å². The molecule has 1 fully saturated rings. The predicted octanol–water partition coefficient (Wildman–Crippen LogP) is -0.130. The van der Waals surface area contributed by atoms with Gasteiger partial charge >= 0.3 is 0 Å². The van der Waals surface area contributed by atoms with E-state index in [4.69, 9.17) is 5.73 Å². The van der Waals surface area contributed by atoms with Crippen molar-refractivity contribution >= 4 is 23.2 Å². The largest absolute Gasteiger partial charge is 0.369 e. The number of rotatable bonds is 3. The van der Waals surface area contributed by atoms with Crippen LogP contribution in [0.2, 0.25) is 0 Å². The number of carbonyl (C=O) groups is 2. The third-order valence-electron chi connectivity index (χ3n) is 3.48. The lowest BCUT2D eigenvalue weighted by Gasteiger charge is -2.22. The van der Waals surface area contributed by atoms with Gasteiger partial charge in [-0.05, 0) is 14.0 Å². The summed E-state index contributed by atoms with van der Waals surface area (Å²) in [6.45, 7) is 4.31. The van der Waals surface area contributed by atoms with Gasteiger partial charge in [0.15, 0.2) is 0 Å². The normalized spacial score (nSPS) is 20.7. The average molecular weight is 296 g/mol. The van der Waals surface area contributed by atoms with Crippen molar-refractivity contribution in [1.29, 1.82) is 0 Å². The highest BCUT2D eigenvalue weighted by molar-refractivity contribution is 7.09. The van der Waals surface area contributed by atoms with Gasteiger partial charge in [0.05, 0.1) is 23.0 Å². The van der Waals surface area contributed by atoms with Crippen LogP contribution in [-0.2, 0) is 16.0 Å². The summed E-state index contributed by atoms with van der Waals surface area (Å²) >= 11 is 1.54. The van der Waals surface area contributed by atoms with Crippen LogP contribution in [0.25, 0.3) is 0 Å². The van der Waals surface area contributed by atoms with Crippen molar-refractivity contribution in [2.45, 2.75) is 13.3 Å². The standard InChI is InChI=1S/C13H20N4O2S/c1-9-15-11(8-20-9)5-12(18)17-4-3-16(2)6-10(7-17)13(14)19/h8,10H,3-7H2,1-2H3,(H2,14,19). The molecule has 2 rings (SSSR count). The van der Waals surface area contributed by atoms with Crippen LogP contribution in [0.4, 0.5) is 0 Å². The molecule has 0 saturated carbocycles. The molecule has 1 atom stereocenters. The van der Waals surface area contributed by atoms with Crippen LogP contribution in [0, 0.1) is 12.8 Å². The van der Waals surface area contributed by atoms with E-state index >= 15 is 0 Å². The molecule has 1 saturated heterocycles. The fraction of sp³-hybridized carbons (Fsp3) is 0.615. The van der Waals surface area contributed by atoms with E-state index in [0.717, 1.165) is 17.2 Å². The van der Waals surface area contributed by atoms with Gasteiger partial charge in [0.1, 0.15) is 0 Å². The smallest absolute Gasteiger partial charge is 0.228 e. The van der Waals surface area contributed by atoms with Gasteiger partial charge in [-0.1, -0.05) is 0 Å². The van der Waals surface area contributed by atoms with E-state index in [1.807, 2.05) is 24.3 Å². The van der Waals surface area contributed by atoms with Gasteiger partial charge in [-0.3, -0.25) is 9.59 Å². The number of likely N-dealkylation sites (N-methyl/N-ethyl adjacent to an activating group) is 1. The minimum absolute atomic E-state index is 0.0110. The Morgan fingerprint density at radius 2 is 2.20 bits per heavy atom. The molecule has 0 bridgehead atoms. The molecule has 110 valence electrons. The predicted molar refractivity (Wildman–Crippen MR) is 77.3 cm³/mol. The zero-order chi connectivity index (χ0) is 14.7. The van der Waals surface area contributed by atoms with Gasteiger partial charge in [0, 0.05) is 31.6 Å². The van der Waals surface area contributed by atoms with Crippen molar-refractivity contribution in [3.63, 3.8) is 0 Å². The third-order valence-corrected chi connectivity index (χ3v) is 4.30. The molecule has 1 aromatic heterocycles. The second kappa shape index (κ2) is 6.32. The number of carbonyl (C=O) groups excluding carboxylic acids is 2. The lowest BCUT2D eigenvalue weighted by Crippen LogP contribution is -2.40. The van der Waals surface area contributed by atoms with Crippen LogP contribution in [0.3, 0.4) is 0 Å².